The molecular weight excluding hydrogens is 484 g/mol. The number of piperazine rings is 1. The number of halogens is 1. The molecule has 0 aliphatic carbocycles. The molecule has 1 aromatic heterocycles. The summed E-state index contributed by atoms with van der Waals surface area (Å²) in [6.07, 6.45) is 3.35. The molecule has 1 saturated heterocycles. The molecule has 0 spiro atoms. The first-order valence-electron chi connectivity index (χ1n) is 12.4. The molecule has 3 aromatic carbocycles. The van der Waals surface area contributed by atoms with E-state index in [0.29, 0.717) is 22.0 Å². The van der Waals surface area contributed by atoms with Crippen molar-refractivity contribution in [3.8, 4) is 0 Å². The maximum atomic E-state index is 13.2. The van der Waals surface area contributed by atoms with Gasteiger partial charge in [0.2, 0.25) is 0 Å². The lowest BCUT2D eigenvalue weighted by atomic mass is 9.99. The molecule has 1 amide bonds. The van der Waals surface area contributed by atoms with E-state index in [1.807, 2.05) is 24.3 Å². The van der Waals surface area contributed by atoms with Crippen LogP contribution in [-0.2, 0) is 11.3 Å². The number of rotatable bonds is 5. The lowest BCUT2D eigenvalue weighted by Gasteiger charge is -2.32. The minimum atomic E-state index is -0.175. The molecule has 2 aliphatic rings. The van der Waals surface area contributed by atoms with Gasteiger partial charge >= 0.3 is 0 Å². The summed E-state index contributed by atoms with van der Waals surface area (Å²) in [5.74, 6) is -0.175. The van der Waals surface area contributed by atoms with Crippen LogP contribution in [-0.4, -0.2) is 58.9 Å². The van der Waals surface area contributed by atoms with Gasteiger partial charge in [0.1, 0.15) is 0 Å². The third-order valence-corrected chi connectivity index (χ3v) is 7.19. The summed E-state index contributed by atoms with van der Waals surface area (Å²) in [5.41, 5.74) is 7.36. The Balaban J connectivity index is 1.36. The number of anilines is 2. The molecule has 8 heteroatoms. The maximum Gasteiger partial charge on any atom is 0.258 e. The van der Waals surface area contributed by atoms with E-state index in [-0.39, 0.29) is 5.91 Å². The molecule has 2 N–H and O–H groups in total. The van der Waals surface area contributed by atoms with Crippen LogP contribution in [0.25, 0.3) is 22.3 Å². The first-order chi connectivity index (χ1) is 18.0. The van der Waals surface area contributed by atoms with Crippen LogP contribution in [0, 0.1) is 0 Å². The summed E-state index contributed by atoms with van der Waals surface area (Å²) in [6.45, 7) is 5.29. The van der Waals surface area contributed by atoms with Crippen molar-refractivity contribution in [2.24, 2.45) is 0 Å². The highest BCUT2D eigenvalue weighted by atomic mass is 35.5. The highest BCUT2D eigenvalue weighted by Crippen LogP contribution is 2.39. The van der Waals surface area contributed by atoms with Gasteiger partial charge in [0.05, 0.1) is 28.0 Å². The van der Waals surface area contributed by atoms with Gasteiger partial charge in [-0.05, 0) is 49.0 Å². The number of likely N-dealkylation sites (N-methyl/N-ethyl adjacent to an activating group) is 1. The minimum absolute atomic E-state index is 0.175. The Morgan fingerprint density at radius 1 is 0.946 bits per heavy atom. The quantitative estimate of drug-likeness (QED) is 0.370. The van der Waals surface area contributed by atoms with Crippen LogP contribution in [0.15, 0.2) is 73.1 Å². The molecule has 7 nitrogen and oxygen atoms in total. The Morgan fingerprint density at radius 3 is 2.49 bits per heavy atom. The predicted octanol–water partition coefficient (Wildman–Crippen LogP) is 4.96. The van der Waals surface area contributed by atoms with Gasteiger partial charge < -0.3 is 15.5 Å². The van der Waals surface area contributed by atoms with E-state index in [9.17, 15) is 4.79 Å². The van der Waals surface area contributed by atoms with Gasteiger partial charge in [-0.1, -0.05) is 35.9 Å². The second-order valence-corrected chi connectivity index (χ2v) is 9.99. The summed E-state index contributed by atoms with van der Waals surface area (Å²) in [5, 5.41) is 7.08. The fourth-order valence-corrected chi connectivity index (χ4v) is 5.07. The van der Waals surface area contributed by atoms with Gasteiger partial charge in [-0.25, -0.2) is 0 Å². The maximum absolute atomic E-state index is 13.2. The topological polar surface area (TPSA) is 73.4 Å². The van der Waals surface area contributed by atoms with Crippen LogP contribution in [0.3, 0.4) is 0 Å². The molecule has 37 heavy (non-hydrogen) atoms. The van der Waals surface area contributed by atoms with Gasteiger partial charge in [0.25, 0.3) is 5.91 Å². The van der Waals surface area contributed by atoms with E-state index in [4.69, 9.17) is 11.6 Å². The van der Waals surface area contributed by atoms with E-state index in [0.717, 1.165) is 60.6 Å². The number of aromatic nitrogens is 2. The van der Waals surface area contributed by atoms with Gasteiger partial charge in [0.15, 0.2) is 0 Å². The van der Waals surface area contributed by atoms with Crippen LogP contribution in [0.2, 0.25) is 5.02 Å². The van der Waals surface area contributed by atoms with Gasteiger partial charge in [-0.3, -0.25) is 19.7 Å². The number of carbonyl (C=O) groups excluding carboxylic acids is 1. The van der Waals surface area contributed by atoms with E-state index >= 15 is 0 Å². The third-order valence-electron chi connectivity index (χ3n) is 6.96. The summed E-state index contributed by atoms with van der Waals surface area (Å²) < 4.78 is 0. The van der Waals surface area contributed by atoms with Crippen LogP contribution in [0.5, 0.6) is 0 Å². The fraction of sp³-hybridized carbons (Fsp3) is 0.207. The Labute approximate surface area is 220 Å². The van der Waals surface area contributed by atoms with E-state index in [2.05, 4.69) is 61.7 Å². The average Bonchev–Trinajstić information content (AvgIpc) is 3.23. The zero-order valence-corrected chi connectivity index (χ0v) is 21.3. The zero-order valence-electron chi connectivity index (χ0n) is 20.5. The Morgan fingerprint density at radius 2 is 1.70 bits per heavy atom. The minimum Gasteiger partial charge on any atom is -0.354 e. The molecule has 0 unspecified atom stereocenters. The van der Waals surface area contributed by atoms with E-state index in [1.165, 1.54) is 5.56 Å². The van der Waals surface area contributed by atoms with Gasteiger partial charge in [-0.15, -0.1) is 0 Å². The standard InChI is InChI=1S/C29H27ClN6O/c1-35-12-14-36(15-13-35)18-19-2-6-22(7-3-19)33-28(20-4-9-24-26(16-20)32-11-10-31-24)27-23-8-5-21(30)17-25(23)34-29(27)37/h2-11,16-17,33H,12-15,18H2,1H3,(H,34,37). The smallest absolute Gasteiger partial charge is 0.258 e. The van der Waals surface area contributed by atoms with Gasteiger partial charge in [-0.2, -0.15) is 0 Å². The van der Waals surface area contributed by atoms with Crippen molar-refractivity contribution in [1.29, 1.82) is 0 Å². The molecule has 4 aromatic rings. The summed E-state index contributed by atoms with van der Waals surface area (Å²) >= 11 is 6.20. The van der Waals surface area contributed by atoms with E-state index in [1.54, 1.807) is 24.5 Å². The van der Waals surface area contributed by atoms with Crippen molar-refractivity contribution in [2.45, 2.75) is 6.54 Å². The average molecular weight is 511 g/mol. The van der Waals surface area contributed by atoms with Crippen molar-refractivity contribution in [2.75, 3.05) is 43.9 Å². The van der Waals surface area contributed by atoms with Crippen molar-refractivity contribution >= 4 is 51.2 Å². The number of hydrogen-bond acceptors (Lipinski definition) is 6. The largest absolute Gasteiger partial charge is 0.354 e. The Bertz CT molecular complexity index is 1510. The summed E-state index contributed by atoms with van der Waals surface area (Å²) in [6, 6.07) is 19.8. The second kappa shape index (κ2) is 9.94. The summed E-state index contributed by atoms with van der Waals surface area (Å²) in [4.78, 5) is 26.9. The lowest BCUT2D eigenvalue weighted by Crippen LogP contribution is -2.43. The van der Waals surface area contributed by atoms with Crippen LogP contribution in [0.1, 0.15) is 16.7 Å². The highest BCUT2D eigenvalue weighted by Gasteiger charge is 2.29. The monoisotopic (exact) mass is 510 g/mol. The summed E-state index contributed by atoms with van der Waals surface area (Å²) in [7, 11) is 2.17. The zero-order chi connectivity index (χ0) is 25.4. The Kier molecular flexibility index (Phi) is 6.34. The van der Waals surface area contributed by atoms with Crippen LogP contribution in [0.4, 0.5) is 11.4 Å². The van der Waals surface area contributed by atoms with Crippen LogP contribution < -0.4 is 10.6 Å². The Hall–Kier alpha value is -3.78. The molecule has 6 rings (SSSR count). The number of nitrogens with one attached hydrogen (secondary N) is 2. The number of hydrogen-bond donors (Lipinski definition) is 2. The molecule has 2 aliphatic heterocycles. The molecule has 0 radical (unpaired) electrons. The molecular formula is C29H27ClN6O. The van der Waals surface area contributed by atoms with Gasteiger partial charge in [0, 0.05) is 67.0 Å². The normalized spacial score (nSPS) is 17.5. The first kappa shape index (κ1) is 23.6. The third kappa shape index (κ3) is 4.93. The predicted molar refractivity (Wildman–Crippen MR) is 149 cm³/mol. The number of fused-ring (bicyclic) bond motifs is 2. The number of amides is 1. The molecule has 1 fully saturated rings. The molecule has 0 atom stereocenters. The number of benzene rings is 3. The number of carbonyl (C=O) groups is 1. The molecule has 3 heterocycles. The first-order valence-corrected chi connectivity index (χ1v) is 12.7. The van der Waals surface area contributed by atoms with Crippen molar-refractivity contribution < 1.29 is 4.79 Å². The van der Waals surface area contributed by atoms with E-state index < -0.39 is 0 Å². The van der Waals surface area contributed by atoms with Crippen molar-refractivity contribution in [3.05, 3.63) is 94.8 Å². The fourth-order valence-electron chi connectivity index (χ4n) is 4.89. The lowest BCUT2D eigenvalue weighted by molar-refractivity contribution is -0.110. The van der Waals surface area contributed by atoms with Crippen molar-refractivity contribution in [1.82, 2.24) is 19.8 Å². The van der Waals surface area contributed by atoms with Crippen LogP contribution >= 0.6 is 11.6 Å². The molecule has 0 saturated carbocycles. The molecule has 0 bridgehead atoms. The SMILES string of the molecule is CN1CCN(Cc2ccc(NC(=C3C(=O)Nc4cc(Cl)ccc43)c3ccc4nccnc4c3)cc2)CC1. The number of nitrogens with zero attached hydrogens (tertiary/aromatic N) is 4. The molecule has 186 valence electrons. The highest BCUT2D eigenvalue weighted by molar-refractivity contribution is 6.38. The second-order valence-electron chi connectivity index (χ2n) is 9.56. The van der Waals surface area contributed by atoms with Crippen molar-refractivity contribution in [3.63, 3.8) is 0 Å².